The Morgan fingerprint density at radius 1 is 1.43 bits per heavy atom. The maximum atomic E-state index is 13.5. The minimum absolute atomic E-state index is 0.236. The first-order valence-corrected chi connectivity index (χ1v) is 6.43. The minimum atomic E-state index is -0.521. The number of carbonyl (C=O) groups excluding carboxylic acids is 1. The molecule has 0 saturated heterocycles. The fraction of sp³-hybridized carbons (Fsp3) is 0.200. The zero-order valence-electron chi connectivity index (χ0n) is 11.6. The highest BCUT2D eigenvalue weighted by molar-refractivity contribution is 5.95. The Bertz CT molecular complexity index is 647. The molecule has 2 aromatic rings. The van der Waals surface area contributed by atoms with E-state index in [0.29, 0.717) is 24.3 Å². The van der Waals surface area contributed by atoms with E-state index in [4.69, 9.17) is 5.73 Å². The third-order valence-electron chi connectivity index (χ3n) is 3.00. The molecule has 6 heteroatoms. The van der Waals surface area contributed by atoms with Crippen LogP contribution in [0.25, 0.3) is 0 Å². The number of benzene rings is 1. The van der Waals surface area contributed by atoms with Crippen molar-refractivity contribution in [1.29, 1.82) is 0 Å². The normalized spacial score (nSPS) is 10.2. The summed E-state index contributed by atoms with van der Waals surface area (Å²) < 4.78 is 18.1. The van der Waals surface area contributed by atoms with E-state index in [1.165, 1.54) is 25.4 Å². The molecule has 1 heterocycles. The molecule has 110 valence electrons. The van der Waals surface area contributed by atoms with Crippen LogP contribution in [0.3, 0.4) is 0 Å². The molecule has 0 unspecified atom stereocenters. The summed E-state index contributed by atoms with van der Waals surface area (Å²) in [6.45, 7) is 0.485. The van der Waals surface area contributed by atoms with Gasteiger partial charge in [0.05, 0.1) is 24.6 Å². The van der Waals surface area contributed by atoms with Gasteiger partial charge in [-0.05, 0) is 24.1 Å². The Hall–Kier alpha value is -2.63. The predicted octanol–water partition coefficient (Wildman–Crippen LogP) is 2.24. The Labute approximate surface area is 121 Å². The summed E-state index contributed by atoms with van der Waals surface area (Å²) in [6, 6.07) is 8.10. The number of nitrogens with two attached hydrogens (primary N) is 1. The second-order valence-electron chi connectivity index (χ2n) is 4.42. The van der Waals surface area contributed by atoms with Crippen molar-refractivity contribution in [3.63, 3.8) is 0 Å². The summed E-state index contributed by atoms with van der Waals surface area (Å²) in [6.07, 6.45) is 1.89. The van der Waals surface area contributed by atoms with Gasteiger partial charge >= 0.3 is 5.97 Å². The van der Waals surface area contributed by atoms with E-state index >= 15 is 0 Å². The van der Waals surface area contributed by atoms with Gasteiger partial charge in [0.2, 0.25) is 0 Å². The Kier molecular flexibility index (Phi) is 4.71. The first kappa shape index (κ1) is 14.8. The summed E-state index contributed by atoms with van der Waals surface area (Å²) in [5.74, 6) is -0.271. The fourth-order valence-electron chi connectivity index (χ4n) is 1.88. The van der Waals surface area contributed by atoms with E-state index in [-0.39, 0.29) is 17.1 Å². The summed E-state index contributed by atoms with van der Waals surface area (Å²) in [5.41, 5.74) is 6.79. The lowest BCUT2D eigenvalue weighted by molar-refractivity contribution is 0.0602. The van der Waals surface area contributed by atoms with Gasteiger partial charge in [0.15, 0.2) is 0 Å². The van der Waals surface area contributed by atoms with Gasteiger partial charge in [0.1, 0.15) is 11.6 Å². The number of anilines is 2. The zero-order valence-corrected chi connectivity index (χ0v) is 11.6. The maximum Gasteiger partial charge on any atom is 0.340 e. The van der Waals surface area contributed by atoms with Gasteiger partial charge in [-0.2, -0.15) is 0 Å². The van der Waals surface area contributed by atoms with Gasteiger partial charge in [-0.1, -0.05) is 18.2 Å². The first-order chi connectivity index (χ1) is 10.1. The largest absolute Gasteiger partial charge is 0.465 e. The molecule has 0 aliphatic carbocycles. The SMILES string of the molecule is COC(=O)c1cc(NCCc2ccccc2F)ncc1N. The molecule has 0 radical (unpaired) electrons. The van der Waals surface area contributed by atoms with E-state index in [1.54, 1.807) is 18.2 Å². The lowest BCUT2D eigenvalue weighted by Crippen LogP contribution is -2.11. The number of nitrogens with zero attached hydrogens (tertiary/aromatic N) is 1. The molecule has 0 fully saturated rings. The number of pyridine rings is 1. The lowest BCUT2D eigenvalue weighted by atomic mass is 10.1. The number of esters is 1. The van der Waals surface area contributed by atoms with Crippen LogP contribution in [0, 0.1) is 5.82 Å². The van der Waals surface area contributed by atoms with Crippen molar-refractivity contribution >= 4 is 17.5 Å². The van der Waals surface area contributed by atoms with E-state index in [1.807, 2.05) is 0 Å². The standard InChI is InChI=1S/C15H16FN3O2/c1-21-15(20)11-8-14(19-9-13(11)17)18-7-6-10-4-2-3-5-12(10)16/h2-5,8-9H,6-7,17H2,1H3,(H,18,19). The van der Waals surface area contributed by atoms with Crippen molar-refractivity contribution in [2.45, 2.75) is 6.42 Å². The lowest BCUT2D eigenvalue weighted by Gasteiger charge is -2.09. The molecule has 0 amide bonds. The van der Waals surface area contributed by atoms with Crippen LogP contribution in [0.4, 0.5) is 15.9 Å². The molecule has 1 aromatic heterocycles. The molecular formula is C15H16FN3O2. The Morgan fingerprint density at radius 2 is 2.19 bits per heavy atom. The van der Waals surface area contributed by atoms with Crippen LogP contribution in [-0.2, 0) is 11.2 Å². The van der Waals surface area contributed by atoms with Crippen LogP contribution in [0.2, 0.25) is 0 Å². The minimum Gasteiger partial charge on any atom is -0.465 e. The van der Waals surface area contributed by atoms with Crippen molar-refractivity contribution in [3.8, 4) is 0 Å². The number of methoxy groups -OCH3 is 1. The molecule has 5 nitrogen and oxygen atoms in total. The number of hydrogen-bond acceptors (Lipinski definition) is 5. The Balaban J connectivity index is 2.01. The number of nitrogen functional groups attached to an aromatic ring is 1. The van der Waals surface area contributed by atoms with Crippen LogP contribution in [0.15, 0.2) is 36.5 Å². The molecule has 21 heavy (non-hydrogen) atoms. The molecule has 0 aliphatic heterocycles. The molecule has 2 rings (SSSR count). The van der Waals surface area contributed by atoms with Crippen molar-refractivity contribution in [2.24, 2.45) is 0 Å². The number of rotatable bonds is 5. The van der Waals surface area contributed by atoms with Gasteiger partial charge in [-0.3, -0.25) is 0 Å². The Morgan fingerprint density at radius 3 is 2.90 bits per heavy atom. The van der Waals surface area contributed by atoms with Crippen LogP contribution >= 0.6 is 0 Å². The van der Waals surface area contributed by atoms with Gasteiger partial charge in [-0.25, -0.2) is 14.2 Å². The second-order valence-corrected chi connectivity index (χ2v) is 4.42. The number of hydrogen-bond donors (Lipinski definition) is 2. The third-order valence-corrected chi connectivity index (χ3v) is 3.00. The highest BCUT2D eigenvalue weighted by Gasteiger charge is 2.11. The number of ether oxygens (including phenoxy) is 1. The zero-order chi connectivity index (χ0) is 15.2. The fourth-order valence-corrected chi connectivity index (χ4v) is 1.88. The highest BCUT2D eigenvalue weighted by atomic mass is 19.1. The highest BCUT2D eigenvalue weighted by Crippen LogP contribution is 2.16. The quantitative estimate of drug-likeness (QED) is 0.825. The van der Waals surface area contributed by atoms with Gasteiger partial charge in [-0.15, -0.1) is 0 Å². The molecule has 0 aliphatic rings. The van der Waals surface area contributed by atoms with Gasteiger partial charge in [0.25, 0.3) is 0 Å². The predicted molar refractivity (Wildman–Crippen MR) is 78.6 cm³/mol. The number of carbonyl (C=O) groups is 1. The summed E-state index contributed by atoms with van der Waals surface area (Å²) in [7, 11) is 1.29. The van der Waals surface area contributed by atoms with Crippen LogP contribution in [0.5, 0.6) is 0 Å². The average Bonchev–Trinajstić information content (AvgIpc) is 2.50. The second kappa shape index (κ2) is 6.69. The molecule has 1 aromatic carbocycles. The summed E-state index contributed by atoms with van der Waals surface area (Å²) >= 11 is 0. The van der Waals surface area contributed by atoms with Crippen molar-refractivity contribution in [1.82, 2.24) is 4.98 Å². The van der Waals surface area contributed by atoms with Gasteiger partial charge in [0, 0.05) is 6.54 Å². The molecular weight excluding hydrogens is 273 g/mol. The molecule has 3 N–H and O–H groups in total. The van der Waals surface area contributed by atoms with Crippen LogP contribution in [0.1, 0.15) is 15.9 Å². The molecule has 0 saturated carbocycles. The topological polar surface area (TPSA) is 77.2 Å². The van der Waals surface area contributed by atoms with E-state index in [2.05, 4.69) is 15.0 Å². The van der Waals surface area contributed by atoms with Crippen molar-refractivity contribution in [2.75, 3.05) is 24.7 Å². The van der Waals surface area contributed by atoms with E-state index < -0.39 is 5.97 Å². The van der Waals surface area contributed by atoms with Gasteiger partial charge < -0.3 is 15.8 Å². The number of nitrogens with one attached hydrogen (secondary N) is 1. The monoisotopic (exact) mass is 289 g/mol. The molecule has 0 bridgehead atoms. The number of aromatic nitrogens is 1. The first-order valence-electron chi connectivity index (χ1n) is 6.43. The smallest absolute Gasteiger partial charge is 0.340 e. The van der Waals surface area contributed by atoms with E-state index in [0.717, 1.165) is 0 Å². The van der Waals surface area contributed by atoms with Crippen molar-refractivity contribution in [3.05, 3.63) is 53.5 Å². The average molecular weight is 289 g/mol. The molecule has 0 atom stereocenters. The van der Waals surface area contributed by atoms with Crippen LogP contribution in [-0.4, -0.2) is 24.6 Å². The molecule has 0 spiro atoms. The number of halogens is 1. The summed E-state index contributed by atoms with van der Waals surface area (Å²) in [5, 5.41) is 3.03. The third kappa shape index (κ3) is 3.68. The van der Waals surface area contributed by atoms with Crippen molar-refractivity contribution < 1.29 is 13.9 Å². The van der Waals surface area contributed by atoms with E-state index in [9.17, 15) is 9.18 Å². The summed E-state index contributed by atoms with van der Waals surface area (Å²) in [4.78, 5) is 15.6. The maximum absolute atomic E-state index is 13.5. The van der Waals surface area contributed by atoms with Crippen LogP contribution < -0.4 is 11.1 Å².